The van der Waals surface area contributed by atoms with Gasteiger partial charge in [-0.05, 0) is 25.1 Å². The van der Waals surface area contributed by atoms with Crippen molar-refractivity contribution in [1.82, 2.24) is 20.6 Å². The summed E-state index contributed by atoms with van der Waals surface area (Å²) in [5.41, 5.74) is 4.30. The SMILES string of the molecule is Cc1cc(Nc2ncnc(NNC(=O)c3ccc(Cl)cc3Cl)c2[N+](=O)[O-])no1. The number of anilines is 3. The van der Waals surface area contributed by atoms with Gasteiger partial charge in [-0.15, -0.1) is 0 Å². The zero-order valence-electron chi connectivity index (χ0n) is 14.1. The molecular formula is C15H11Cl2N7O4. The monoisotopic (exact) mass is 423 g/mol. The highest BCUT2D eigenvalue weighted by atomic mass is 35.5. The van der Waals surface area contributed by atoms with Gasteiger partial charge in [0.1, 0.15) is 12.1 Å². The summed E-state index contributed by atoms with van der Waals surface area (Å²) in [5, 5.41) is 18.3. The van der Waals surface area contributed by atoms with Crippen molar-refractivity contribution < 1.29 is 14.2 Å². The summed E-state index contributed by atoms with van der Waals surface area (Å²) in [6.07, 6.45) is 1.08. The Balaban J connectivity index is 1.82. The Morgan fingerprint density at radius 1 is 1.21 bits per heavy atom. The lowest BCUT2D eigenvalue weighted by molar-refractivity contribution is -0.383. The molecule has 3 N–H and O–H groups in total. The second-order valence-corrected chi connectivity index (χ2v) is 6.17. The molecule has 0 radical (unpaired) electrons. The molecule has 3 rings (SSSR count). The van der Waals surface area contributed by atoms with Crippen molar-refractivity contribution >= 4 is 52.3 Å². The number of hydrogen-bond acceptors (Lipinski definition) is 9. The van der Waals surface area contributed by atoms with Crippen molar-refractivity contribution in [2.75, 3.05) is 10.7 Å². The highest BCUT2D eigenvalue weighted by Gasteiger charge is 2.24. The van der Waals surface area contributed by atoms with Gasteiger partial charge in [0.25, 0.3) is 5.91 Å². The molecule has 1 aromatic carbocycles. The van der Waals surface area contributed by atoms with Crippen LogP contribution in [0.1, 0.15) is 16.1 Å². The quantitative estimate of drug-likeness (QED) is 0.399. The average Bonchev–Trinajstić information content (AvgIpc) is 3.04. The molecule has 0 bridgehead atoms. The summed E-state index contributed by atoms with van der Waals surface area (Å²) in [5.74, 6) is -0.307. The van der Waals surface area contributed by atoms with Crippen molar-refractivity contribution in [3.63, 3.8) is 0 Å². The predicted octanol–water partition coefficient (Wildman–Crippen LogP) is 3.49. The number of carbonyl (C=O) groups is 1. The van der Waals surface area contributed by atoms with Crippen LogP contribution in [0, 0.1) is 17.0 Å². The summed E-state index contributed by atoms with van der Waals surface area (Å²) in [7, 11) is 0. The Bertz CT molecular complexity index is 1060. The highest BCUT2D eigenvalue weighted by Crippen LogP contribution is 2.30. The van der Waals surface area contributed by atoms with Gasteiger partial charge in [0.05, 0.1) is 15.5 Å². The molecule has 2 heterocycles. The first-order valence-corrected chi connectivity index (χ1v) is 8.32. The first kappa shape index (κ1) is 19.3. The fraction of sp³-hybridized carbons (Fsp3) is 0.0667. The van der Waals surface area contributed by atoms with Crippen LogP contribution in [0.25, 0.3) is 0 Å². The minimum absolute atomic E-state index is 0.117. The molecule has 3 aromatic rings. The van der Waals surface area contributed by atoms with E-state index in [0.29, 0.717) is 10.8 Å². The molecule has 1 amide bonds. The van der Waals surface area contributed by atoms with E-state index in [1.54, 1.807) is 6.92 Å². The number of nitrogens with one attached hydrogen (secondary N) is 3. The fourth-order valence-corrected chi connectivity index (χ4v) is 2.63. The fourth-order valence-electron chi connectivity index (χ4n) is 2.14. The van der Waals surface area contributed by atoms with E-state index in [-0.39, 0.29) is 28.0 Å². The van der Waals surface area contributed by atoms with Crippen molar-refractivity contribution in [3.05, 3.63) is 62.1 Å². The van der Waals surface area contributed by atoms with Crippen molar-refractivity contribution in [2.24, 2.45) is 0 Å². The summed E-state index contributed by atoms with van der Waals surface area (Å²) in [6.45, 7) is 1.66. The van der Waals surface area contributed by atoms with E-state index in [1.165, 1.54) is 24.3 Å². The summed E-state index contributed by atoms with van der Waals surface area (Å²) < 4.78 is 4.89. The van der Waals surface area contributed by atoms with Crippen LogP contribution in [-0.2, 0) is 0 Å². The third-order valence-electron chi connectivity index (χ3n) is 3.35. The molecule has 144 valence electrons. The first-order valence-electron chi connectivity index (χ1n) is 7.56. The Morgan fingerprint density at radius 3 is 2.61 bits per heavy atom. The van der Waals surface area contributed by atoms with Gasteiger partial charge in [-0.2, -0.15) is 0 Å². The summed E-state index contributed by atoms with van der Waals surface area (Å²) in [4.78, 5) is 30.7. The maximum Gasteiger partial charge on any atom is 0.355 e. The van der Waals surface area contributed by atoms with Gasteiger partial charge in [-0.1, -0.05) is 28.4 Å². The van der Waals surface area contributed by atoms with E-state index in [4.69, 9.17) is 27.7 Å². The van der Waals surface area contributed by atoms with Crippen LogP contribution in [0.4, 0.5) is 23.1 Å². The Kier molecular flexibility index (Phi) is 5.57. The van der Waals surface area contributed by atoms with Crippen molar-refractivity contribution in [2.45, 2.75) is 6.92 Å². The number of amides is 1. The van der Waals surface area contributed by atoms with Crippen LogP contribution in [0.2, 0.25) is 10.0 Å². The second kappa shape index (κ2) is 8.06. The third kappa shape index (κ3) is 4.27. The number of nitrogens with zero attached hydrogens (tertiary/aromatic N) is 4. The van der Waals surface area contributed by atoms with E-state index in [9.17, 15) is 14.9 Å². The molecule has 13 heteroatoms. The van der Waals surface area contributed by atoms with Gasteiger partial charge in [-0.3, -0.25) is 25.8 Å². The molecule has 0 atom stereocenters. The predicted molar refractivity (Wildman–Crippen MR) is 101 cm³/mol. The normalized spacial score (nSPS) is 10.4. The lowest BCUT2D eigenvalue weighted by Crippen LogP contribution is -2.30. The molecule has 11 nitrogen and oxygen atoms in total. The first-order chi connectivity index (χ1) is 13.3. The maximum atomic E-state index is 12.3. The van der Waals surface area contributed by atoms with Gasteiger partial charge in [0, 0.05) is 11.1 Å². The third-order valence-corrected chi connectivity index (χ3v) is 3.90. The molecule has 0 unspecified atom stereocenters. The van der Waals surface area contributed by atoms with Gasteiger partial charge in [0.15, 0.2) is 5.82 Å². The lowest BCUT2D eigenvalue weighted by Gasteiger charge is -2.10. The number of rotatable bonds is 6. The Hall–Kier alpha value is -3.44. The van der Waals surface area contributed by atoms with Gasteiger partial charge in [0.2, 0.25) is 11.6 Å². The second-order valence-electron chi connectivity index (χ2n) is 5.33. The molecule has 0 spiro atoms. The maximum absolute atomic E-state index is 12.3. The zero-order valence-corrected chi connectivity index (χ0v) is 15.6. The van der Waals surface area contributed by atoms with Gasteiger partial charge < -0.3 is 9.84 Å². The van der Waals surface area contributed by atoms with E-state index in [1.807, 2.05) is 0 Å². The van der Waals surface area contributed by atoms with E-state index < -0.39 is 16.5 Å². The number of carbonyl (C=O) groups excluding carboxylic acids is 1. The number of hydrogen-bond donors (Lipinski definition) is 3. The van der Waals surface area contributed by atoms with E-state index in [2.05, 4.69) is 31.3 Å². The molecule has 0 saturated heterocycles. The smallest absolute Gasteiger partial charge is 0.355 e. The molecular weight excluding hydrogens is 413 g/mol. The lowest BCUT2D eigenvalue weighted by atomic mass is 10.2. The number of halogens is 2. The highest BCUT2D eigenvalue weighted by molar-refractivity contribution is 6.36. The van der Waals surface area contributed by atoms with Gasteiger partial charge in [-0.25, -0.2) is 9.97 Å². The minimum Gasteiger partial charge on any atom is -0.360 e. The van der Waals surface area contributed by atoms with Gasteiger partial charge >= 0.3 is 5.69 Å². The number of hydrazine groups is 1. The molecule has 28 heavy (non-hydrogen) atoms. The summed E-state index contributed by atoms with van der Waals surface area (Å²) >= 11 is 11.8. The summed E-state index contributed by atoms with van der Waals surface area (Å²) in [6, 6.07) is 5.82. The van der Waals surface area contributed by atoms with Crippen molar-refractivity contribution in [1.29, 1.82) is 0 Å². The van der Waals surface area contributed by atoms with Crippen LogP contribution in [-0.4, -0.2) is 26.0 Å². The number of benzene rings is 1. The largest absolute Gasteiger partial charge is 0.360 e. The molecule has 2 aromatic heterocycles. The molecule has 0 aliphatic heterocycles. The van der Waals surface area contributed by atoms with Crippen LogP contribution in [0.5, 0.6) is 0 Å². The van der Waals surface area contributed by atoms with Crippen LogP contribution in [0.15, 0.2) is 35.1 Å². The van der Waals surface area contributed by atoms with E-state index in [0.717, 1.165) is 6.33 Å². The minimum atomic E-state index is -0.709. The number of nitro groups is 1. The topological polar surface area (TPSA) is 148 Å². The van der Waals surface area contributed by atoms with Crippen LogP contribution < -0.4 is 16.2 Å². The number of aryl methyl sites for hydroxylation is 1. The molecule has 0 fully saturated rings. The standard InChI is InChI=1S/C15H11Cl2N7O4/c1-7-4-11(23-28-7)20-13-12(24(26)27)14(19-6-18-13)21-22-15(25)9-3-2-8(16)5-10(9)17/h2-6H,1H3,(H,22,25)(H2,18,19,20,21,23). The molecule has 0 aliphatic rings. The van der Waals surface area contributed by atoms with E-state index >= 15 is 0 Å². The zero-order chi connectivity index (χ0) is 20.3. The molecule has 0 saturated carbocycles. The average molecular weight is 424 g/mol. The van der Waals surface area contributed by atoms with Crippen molar-refractivity contribution in [3.8, 4) is 0 Å². The Labute approximate surface area is 167 Å². The van der Waals surface area contributed by atoms with Crippen LogP contribution in [0.3, 0.4) is 0 Å². The number of aromatic nitrogens is 3. The Morgan fingerprint density at radius 2 is 1.96 bits per heavy atom. The molecule has 0 aliphatic carbocycles. The van der Waals surface area contributed by atoms with Crippen LogP contribution >= 0.6 is 23.2 Å².